The third-order valence-electron chi connectivity index (χ3n) is 2.21. The molecule has 0 spiro atoms. The van der Waals surface area contributed by atoms with Gasteiger partial charge in [0.1, 0.15) is 0 Å². The van der Waals surface area contributed by atoms with E-state index in [1.807, 2.05) is 19.2 Å². The van der Waals surface area contributed by atoms with E-state index < -0.39 is 0 Å². The van der Waals surface area contributed by atoms with Crippen LogP contribution < -0.4 is 11.1 Å². The smallest absolute Gasteiger partial charge is 0.175 e. The van der Waals surface area contributed by atoms with Crippen LogP contribution >= 0.6 is 11.8 Å². The Kier molecular flexibility index (Phi) is 3.05. The van der Waals surface area contributed by atoms with Crippen LogP contribution in [-0.2, 0) is 7.05 Å². The number of nitrogens with two attached hydrogens (primary N) is 1. The van der Waals surface area contributed by atoms with Gasteiger partial charge in [0.05, 0.1) is 5.69 Å². The molecule has 2 rings (SSSR count). The fourth-order valence-corrected chi connectivity index (χ4v) is 1.82. The highest BCUT2D eigenvalue weighted by Gasteiger charge is 2.03. The number of nitrogens with one attached hydrogen (secondary N) is 1. The maximum atomic E-state index is 5.80. The lowest BCUT2D eigenvalue weighted by Gasteiger charge is -2.04. The average molecular weight is 234 g/mol. The Morgan fingerprint density at radius 2 is 2.00 bits per heavy atom. The molecule has 84 valence electrons. The second-order valence-electron chi connectivity index (χ2n) is 3.46. The molecule has 0 unspecified atom stereocenters. The monoisotopic (exact) mass is 234 g/mol. The summed E-state index contributed by atoms with van der Waals surface area (Å²) in [4.78, 5) is 1.24. The van der Waals surface area contributed by atoms with Crippen LogP contribution in [0.2, 0.25) is 0 Å². The van der Waals surface area contributed by atoms with Crippen LogP contribution in [0.3, 0.4) is 0 Å². The Balaban J connectivity index is 2.17. The average Bonchev–Trinajstić information content (AvgIpc) is 2.59. The molecule has 4 nitrogen and oxygen atoms in total. The standard InChI is InChI=1S/C11H14N4S/c1-15-7-10(12)11(14-15)13-8-3-5-9(16-2)6-4-8/h3-7H,12H2,1-2H3,(H,13,14). The second-order valence-corrected chi connectivity index (χ2v) is 4.34. The molecule has 1 aromatic heterocycles. The molecule has 0 fully saturated rings. The highest BCUT2D eigenvalue weighted by molar-refractivity contribution is 7.98. The summed E-state index contributed by atoms with van der Waals surface area (Å²) in [6.07, 6.45) is 3.83. The van der Waals surface area contributed by atoms with Crippen LogP contribution in [0.1, 0.15) is 0 Å². The molecule has 0 bridgehead atoms. The van der Waals surface area contributed by atoms with Crippen LogP contribution in [0.25, 0.3) is 0 Å². The maximum Gasteiger partial charge on any atom is 0.175 e. The van der Waals surface area contributed by atoms with E-state index in [0.29, 0.717) is 11.5 Å². The molecule has 0 atom stereocenters. The molecule has 0 saturated carbocycles. The third kappa shape index (κ3) is 2.30. The van der Waals surface area contributed by atoms with Crippen molar-refractivity contribution in [3.05, 3.63) is 30.5 Å². The van der Waals surface area contributed by atoms with Gasteiger partial charge in [0.25, 0.3) is 0 Å². The van der Waals surface area contributed by atoms with Crippen molar-refractivity contribution in [1.29, 1.82) is 0 Å². The number of thioether (sulfide) groups is 1. The van der Waals surface area contributed by atoms with Gasteiger partial charge < -0.3 is 11.1 Å². The van der Waals surface area contributed by atoms with Gasteiger partial charge in [-0.05, 0) is 30.5 Å². The molecular formula is C11H14N4S. The molecule has 1 aromatic carbocycles. The molecule has 0 radical (unpaired) electrons. The molecular weight excluding hydrogens is 220 g/mol. The van der Waals surface area contributed by atoms with E-state index >= 15 is 0 Å². The predicted molar refractivity (Wildman–Crippen MR) is 69.1 cm³/mol. The minimum Gasteiger partial charge on any atom is -0.394 e. The molecule has 0 amide bonds. The van der Waals surface area contributed by atoms with E-state index in [1.54, 1.807) is 22.6 Å². The number of benzene rings is 1. The molecule has 3 N–H and O–H groups in total. The molecule has 1 heterocycles. The Morgan fingerprint density at radius 3 is 2.50 bits per heavy atom. The van der Waals surface area contributed by atoms with Gasteiger partial charge in [-0.2, -0.15) is 5.10 Å². The van der Waals surface area contributed by atoms with E-state index in [-0.39, 0.29) is 0 Å². The van der Waals surface area contributed by atoms with Crippen LogP contribution in [0.15, 0.2) is 35.4 Å². The fourth-order valence-electron chi connectivity index (χ4n) is 1.42. The van der Waals surface area contributed by atoms with E-state index in [1.165, 1.54) is 4.90 Å². The summed E-state index contributed by atoms with van der Waals surface area (Å²) < 4.78 is 1.69. The quantitative estimate of drug-likeness (QED) is 0.801. The lowest BCUT2D eigenvalue weighted by molar-refractivity contribution is 0.771. The third-order valence-corrected chi connectivity index (χ3v) is 2.95. The topological polar surface area (TPSA) is 55.9 Å². The number of hydrogen-bond donors (Lipinski definition) is 2. The highest BCUT2D eigenvalue weighted by atomic mass is 32.2. The van der Waals surface area contributed by atoms with Crippen LogP contribution in [0.5, 0.6) is 0 Å². The van der Waals surface area contributed by atoms with Crippen LogP contribution in [0.4, 0.5) is 17.2 Å². The first-order valence-electron chi connectivity index (χ1n) is 4.89. The molecule has 0 aliphatic rings. The van der Waals surface area contributed by atoms with Gasteiger partial charge in [-0.25, -0.2) is 0 Å². The zero-order chi connectivity index (χ0) is 11.5. The summed E-state index contributed by atoms with van der Waals surface area (Å²) in [5.41, 5.74) is 7.43. The Hall–Kier alpha value is -1.62. The second kappa shape index (κ2) is 4.49. The zero-order valence-electron chi connectivity index (χ0n) is 9.27. The predicted octanol–water partition coefficient (Wildman–Crippen LogP) is 2.47. The van der Waals surface area contributed by atoms with Gasteiger partial charge in [0.15, 0.2) is 5.82 Å². The number of hydrogen-bond acceptors (Lipinski definition) is 4. The zero-order valence-corrected chi connectivity index (χ0v) is 10.1. The fraction of sp³-hybridized carbons (Fsp3) is 0.182. The minimum atomic E-state index is 0.649. The Bertz CT molecular complexity index is 475. The SMILES string of the molecule is CSc1ccc(Nc2nn(C)cc2N)cc1. The minimum absolute atomic E-state index is 0.649. The van der Waals surface area contributed by atoms with Crippen molar-refractivity contribution in [3.63, 3.8) is 0 Å². The molecule has 16 heavy (non-hydrogen) atoms. The van der Waals surface area contributed by atoms with Gasteiger partial charge in [0.2, 0.25) is 0 Å². The summed E-state index contributed by atoms with van der Waals surface area (Å²) >= 11 is 1.72. The summed E-state index contributed by atoms with van der Waals surface area (Å²) in [5.74, 6) is 0.694. The lowest BCUT2D eigenvalue weighted by Crippen LogP contribution is -1.95. The molecule has 5 heteroatoms. The molecule has 0 aliphatic heterocycles. The van der Waals surface area contributed by atoms with E-state index in [9.17, 15) is 0 Å². The number of aromatic nitrogens is 2. The van der Waals surface area contributed by atoms with E-state index in [0.717, 1.165) is 5.69 Å². The number of rotatable bonds is 3. The number of nitrogen functional groups attached to an aromatic ring is 1. The van der Waals surface area contributed by atoms with Crippen molar-refractivity contribution in [2.75, 3.05) is 17.3 Å². The van der Waals surface area contributed by atoms with Crippen LogP contribution in [-0.4, -0.2) is 16.0 Å². The summed E-state index contributed by atoms with van der Waals surface area (Å²) in [6, 6.07) is 8.15. The number of aryl methyl sites for hydroxylation is 1. The first-order chi connectivity index (χ1) is 7.69. The van der Waals surface area contributed by atoms with Crippen molar-refractivity contribution in [1.82, 2.24) is 9.78 Å². The summed E-state index contributed by atoms with van der Waals surface area (Å²) in [5, 5.41) is 7.40. The van der Waals surface area contributed by atoms with E-state index in [4.69, 9.17) is 5.73 Å². The Morgan fingerprint density at radius 1 is 1.31 bits per heavy atom. The van der Waals surface area contributed by atoms with Crippen LogP contribution in [0, 0.1) is 0 Å². The number of anilines is 3. The van der Waals surface area contributed by atoms with E-state index in [2.05, 4.69) is 28.8 Å². The highest BCUT2D eigenvalue weighted by Crippen LogP contribution is 2.22. The van der Waals surface area contributed by atoms with Gasteiger partial charge in [-0.15, -0.1) is 11.8 Å². The van der Waals surface area contributed by atoms with Gasteiger partial charge in [-0.3, -0.25) is 4.68 Å². The van der Waals surface area contributed by atoms with Gasteiger partial charge >= 0.3 is 0 Å². The van der Waals surface area contributed by atoms with Gasteiger partial charge in [0, 0.05) is 23.8 Å². The summed E-state index contributed by atoms with van der Waals surface area (Å²) in [6.45, 7) is 0. The number of nitrogens with zero attached hydrogens (tertiary/aromatic N) is 2. The normalized spacial score (nSPS) is 10.4. The van der Waals surface area contributed by atoms with Crippen molar-refractivity contribution in [2.45, 2.75) is 4.90 Å². The van der Waals surface area contributed by atoms with Gasteiger partial charge in [-0.1, -0.05) is 0 Å². The largest absolute Gasteiger partial charge is 0.394 e. The maximum absolute atomic E-state index is 5.80. The molecule has 2 aromatic rings. The molecule has 0 aliphatic carbocycles. The van der Waals surface area contributed by atoms with Crippen molar-refractivity contribution >= 4 is 29.0 Å². The van der Waals surface area contributed by atoms with Crippen molar-refractivity contribution in [3.8, 4) is 0 Å². The first kappa shape index (κ1) is 10.9. The first-order valence-corrected chi connectivity index (χ1v) is 6.11. The molecule has 0 saturated heterocycles. The van der Waals surface area contributed by atoms with Crippen molar-refractivity contribution in [2.24, 2.45) is 7.05 Å². The lowest BCUT2D eigenvalue weighted by atomic mass is 10.3. The van der Waals surface area contributed by atoms with Crippen molar-refractivity contribution < 1.29 is 0 Å². The Labute approximate surface area is 98.8 Å². The summed E-state index contributed by atoms with van der Waals surface area (Å²) in [7, 11) is 1.85.